The van der Waals surface area contributed by atoms with Gasteiger partial charge in [0.05, 0.1) is 12.3 Å². The monoisotopic (exact) mass is 333 g/mol. The van der Waals surface area contributed by atoms with Crippen molar-refractivity contribution in [3.05, 3.63) is 90.0 Å². The van der Waals surface area contributed by atoms with E-state index >= 15 is 0 Å². The van der Waals surface area contributed by atoms with Crippen LogP contribution in [0.5, 0.6) is 11.5 Å². The van der Waals surface area contributed by atoms with Crippen LogP contribution in [0.3, 0.4) is 0 Å². The molecule has 3 aromatic rings. The fourth-order valence-corrected chi connectivity index (χ4v) is 2.54. The highest BCUT2D eigenvalue weighted by Gasteiger charge is 2.02. The van der Waals surface area contributed by atoms with Gasteiger partial charge in [0.2, 0.25) is 0 Å². The molecule has 1 N–H and O–H groups in total. The SMILES string of the molecule is CCOc1ccccc1NCc1ccc(OCc2ccccc2)cc1. The summed E-state index contributed by atoms with van der Waals surface area (Å²) in [6.07, 6.45) is 0. The molecule has 0 aliphatic heterocycles. The molecule has 0 saturated carbocycles. The van der Waals surface area contributed by atoms with Gasteiger partial charge in [0.25, 0.3) is 0 Å². The van der Waals surface area contributed by atoms with E-state index in [4.69, 9.17) is 9.47 Å². The van der Waals surface area contributed by atoms with Gasteiger partial charge in [0.15, 0.2) is 0 Å². The Kier molecular flexibility index (Phi) is 5.94. The van der Waals surface area contributed by atoms with Crippen LogP contribution >= 0.6 is 0 Å². The Bertz CT molecular complexity index is 770. The van der Waals surface area contributed by atoms with Crippen LogP contribution in [-0.4, -0.2) is 6.61 Å². The molecule has 0 radical (unpaired) electrons. The minimum atomic E-state index is 0.584. The van der Waals surface area contributed by atoms with E-state index in [1.165, 1.54) is 11.1 Å². The highest BCUT2D eigenvalue weighted by Crippen LogP contribution is 2.24. The Morgan fingerprint density at radius 3 is 2.20 bits per heavy atom. The minimum absolute atomic E-state index is 0.584. The van der Waals surface area contributed by atoms with Gasteiger partial charge in [-0.05, 0) is 42.3 Å². The van der Waals surface area contributed by atoms with Crippen LogP contribution in [-0.2, 0) is 13.2 Å². The predicted octanol–water partition coefficient (Wildman–Crippen LogP) is 5.28. The van der Waals surface area contributed by atoms with Crippen molar-refractivity contribution in [2.75, 3.05) is 11.9 Å². The predicted molar refractivity (Wildman–Crippen MR) is 102 cm³/mol. The fraction of sp³-hybridized carbons (Fsp3) is 0.182. The molecule has 0 amide bonds. The number of hydrogen-bond donors (Lipinski definition) is 1. The van der Waals surface area contributed by atoms with Gasteiger partial charge < -0.3 is 14.8 Å². The standard InChI is InChI=1S/C22H23NO2/c1-2-24-22-11-7-6-10-21(22)23-16-18-12-14-20(15-13-18)25-17-19-8-4-3-5-9-19/h3-15,23H,2,16-17H2,1H3. The summed E-state index contributed by atoms with van der Waals surface area (Å²) in [7, 11) is 0. The number of benzene rings is 3. The van der Waals surface area contributed by atoms with Crippen molar-refractivity contribution in [3.8, 4) is 11.5 Å². The van der Waals surface area contributed by atoms with Gasteiger partial charge in [-0.3, -0.25) is 0 Å². The summed E-state index contributed by atoms with van der Waals surface area (Å²) in [6, 6.07) is 26.4. The van der Waals surface area contributed by atoms with E-state index in [9.17, 15) is 0 Å². The molecule has 3 aromatic carbocycles. The first-order chi connectivity index (χ1) is 12.3. The van der Waals surface area contributed by atoms with Gasteiger partial charge in [-0.1, -0.05) is 54.6 Å². The van der Waals surface area contributed by atoms with E-state index in [1.807, 2.05) is 61.5 Å². The topological polar surface area (TPSA) is 30.5 Å². The first-order valence-electron chi connectivity index (χ1n) is 8.56. The maximum absolute atomic E-state index is 5.82. The molecule has 0 aromatic heterocycles. The Hall–Kier alpha value is -2.94. The lowest BCUT2D eigenvalue weighted by Crippen LogP contribution is -2.02. The quantitative estimate of drug-likeness (QED) is 0.608. The molecule has 0 saturated heterocycles. The van der Waals surface area contributed by atoms with E-state index in [0.29, 0.717) is 13.2 Å². The molecule has 0 bridgehead atoms. The van der Waals surface area contributed by atoms with Gasteiger partial charge in [-0.2, -0.15) is 0 Å². The van der Waals surface area contributed by atoms with Crippen molar-refractivity contribution in [1.29, 1.82) is 0 Å². The highest BCUT2D eigenvalue weighted by molar-refractivity contribution is 5.56. The summed E-state index contributed by atoms with van der Waals surface area (Å²) in [5.74, 6) is 1.76. The third-order valence-corrected chi connectivity index (χ3v) is 3.84. The molecule has 0 heterocycles. The second-order valence-electron chi connectivity index (χ2n) is 5.70. The lowest BCUT2D eigenvalue weighted by atomic mass is 10.2. The van der Waals surface area contributed by atoms with Gasteiger partial charge in [-0.25, -0.2) is 0 Å². The third-order valence-electron chi connectivity index (χ3n) is 3.84. The maximum atomic E-state index is 5.82. The van der Waals surface area contributed by atoms with Crippen molar-refractivity contribution >= 4 is 5.69 Å². The highest BCUT2D eigenvalue weighted by atomic mass is 16.5. The van der Waals surface area contributed by atoms with Crippen LogP contribution in [0.25, 0.3) is 0 Å². The van der Waals surface area contributed by atoms with Crippen LogP contribution in [0.4, 0.5) is 5.69 Å². The van der Waals surface area contributed by atoms with Crippen molar-refractivity contribution in [2.24, 2.45) is 0 Å². The van der Waals surface area contributed by atoms with E-state index in [0.717, 1.165) is 23.7 Å². The molecule has 3 rings (SSSR count). The minimum Gasteiger partial charge on any atom is -0.492 e. The van der Waals surface area contributed by atoms with Crippen molar-refractivity contribution < 1.29 is 9.47 Å². The van der Waals surface area contributed by atoms with Crippen molar-refractivity contribution in [3.63, 3.8) is 0 Å². The molecule has 0 atom stereocenters. The summed E-state index contributed by atoms with van der Waals surface area (Å²) < 4.78 is 11.5. The van der Waals surface area contributed by atoms with Gasteiger partial charge >= 0.3 is 0 Å². The number of hydrogen-bond acceptors (Lipinski definition) is 3. The van der Waals surface area contributed by atoms with Crippen LogP contribution < -0.4 is 14.8 Å². The summed E-state index contributed by atoms with van der Waals surface area (Å²) in [6.45, 7) is 3.97. The Morgan fingerprint density at radius 1 is 0.720 bits per heavy atom. The molecule has 128 valence electrons. The van der Waals surface area contributed by atoms with E-state index in [2.05, 4.69) is 29.6 Å². The van der Waals surface area contributed by atoms with Gasteiger partial charge in [0.1, 0.15) is 18.1 Å². The molecule has 0 unspecified atom stereocenters. The molecule has 0 fully saturated rings. The number of ether oxygens (including phenoxy) is 2. The first-order valence-corrected chi connectivity index (χ1v) is 8.56. The second-order valence-corrected chi connectivity index (χ2v) is 5.70. The molecular formula is C22H23NO2. The average molecular weight is 333 g/mol. The summed E-state index contributed by atoms with van der Waals surface area (Å²) in [4.78, 5) is 0. The van der Waals surface area contributed by atoms with Gasteiger partial charge in [0, 0.05) is 6.54 Å². The molecule has 3 heteroatoms. The van der Waals surface area contributed by atoms with Crippen molar-refractivity contribution in [1.82, 2.24) is 0 Å². The Morgan fingerprint density at radius 2 is 1.44 bits per heavy atom. The largest absolute Gasteiger partial charge is 0.492 e. The van der Waals surface area contributed by atoms with Crippen LogP contribution in [0.15, 0.2) is 78.9 Å². The molecule has 0 spiro atoms. The Labute approximate surface area is 149 Å². The molecule has 0 aliphatic rings. The van der Waals surface area contributed by atoms with Crippen molar-refractivity contribution in [2.45, 2.75) is 20.1 Å². The zero-order valence-electron chi connectivity index (χ0n) is 14.4. The number of nitrogens with one attached hydrogen (secondary N) is 1. The van der Waals surface area contributed by atoms with Gasteiger partial charge in [-0.15, -0.1) is 0 Å². The third kappa shape index (κ3) is 5.01. The summed E-state index contributed by atoms with van der Waals surface area (Å²) in [5, 5.41) is 3.43. The van der Waals surface area contributed by atoms with Crippen LogP contribution in [0.1, 0.15) is 18.1 Å². The smallest absolute Gasteiger partial charge is 0.142 e. The molecule has 3 nitrogen and oxygen atoms in total. The maximum Gasteiger partial charge on any atom is 0.142 e. The lowest BCUT2D eigenvalue weighted by molar-refractivity contribution is 0.306. The zero-order chi connectivity index (χ0) is 17.3. The number of anilines is 1. The first kappa shape index (κ1) is 16.9. The molecule has 0 aliphatic carbocycles. The second kappa shape index (κ2) is 8.78. The average Bonchev–Trinajstić information content (AvgIpc) is 2.68. The fourth-order valence-electron chi connectivity index (χ4n) is 2.54. The van der Waals surface area contributed by atoms with Crippen LogP contribution in [0, 0.1) is 0 Å². The van der Waals surface area contributed by atoms with Crippen LogP contribution in [0.2, 0.25) is 0 Å². The normalized spacial score (nSPS) is 10.3. The van der Waals surface area contributed by atoms with E-state index in [1.54, 1.807) is 0 Å². The summed E-state index contributed by atoms with van der Waals surface area (Å²) in [5.41, 5.74) is 3.37. The zero-order valence-corrected chi connectivity index (χ0v) is 14.4. The number of rotatable bonds is 8. The number of para-hydroxylation sites is 2. The molecule has 25 heavy (non-hydrogen) atoms. The lowest BCUT2D eigenvalue weighted by Gasteiger charge is -2.12. The summed E-state index contributed by atoms with van der Waals surface area (Å²) >= 11 is 0. The Balaban J connectivity index is 1.54. The van der Waals surface area contributed by atoms with E-state index < -0.39 is 0 Å². The molecular weight excluding hydrogens is 310 g/mol. The van der Waals surface area contributed by atoms with E-state index in [-0.39, 0.29) is 0 Å².